The van der Waals surface area contributed by atoms with Crippen LogP contribution in [-0.2, 0) is 11.2 Å². The van der Waals surface area contributed by atoms with Gasteiger partial charge in [0.2, 0.25) is 5.91 Å². The highest BCUT2D eigenvalue weighted by molar-refractivity contribution is 5.90. The lowest BCUT2D eigenvalue weighted by molar-refractivity contribution is -0.116. The lowest BCUT2D eigenvalue weighted by atomic mass is 10.1. The van der Waals surface area contributed by atoms with Gasteiger partial charge >= 0.3 is 0 Å². The van der Waals surface area contributed by atoms with E-state index in [4.69, 9.17) is 0 Å². The van der Waals surface area contributed by atoms with Crippen LogP contribution in [0.25, 0.3) is 0 Å². The van der Waals surface area contributed by atoms with Crippen LogP contribution >= 0.6 is 0 Å². The minimum Gasteiger partial charge on any atom is -0.326 e. The lowest BCUT2D eigenvalue weighted by Gasteiger charge is -2.06. The topological polar surface area (TPSA) is 29.1 Å². The van der Waals surface area contributed by atoms with E-state index in [0.717, 1.165) is 18.5 Å². The molecule has 0 saturated carbocycles. The molecular weight excluding hydrogens is 210 g/mol. The first kappa shape index (κ1) is 13.8. The lowest BCUT2D eigenvalue weighted by Crippen LogP contribution is -2.10. The van der Waals surface area contributed by atoms with E-state index in [-0.39, 0.29) is 5.91 Å². The summed E-state index contributed by atoms with van der Waals surface area (Å²) in [4.78, 5) is 11.5. The van der Waals surface area contributed by atoms with Crippen LogP contribution in [-0.4, -0.2) is 5.91 Å². The fourth-order valence-electron chi connectivity index (χ4n) is 1.83. The molecule has 0 bridgehead atoms. The Morgan fingerprint density at radius 3 is 2.71 bits per heavy atom. The van der Waals surface area contributed by atoms with Gasteiger partial charge in [0.15, 0.2) is 0 Å². The molecule has 0 atom stereocenters. The molecule has 0 radical (unpaired) electrons. The molecule has 0 saturated heterocycles. The number of nitrogens with one attached hydrogen (secondary N) is 1. The van der Waals surface area contributed by atoms with Gasteiger partial charge in [0.25, 0.3) is 0 Å². The van der Waals surface area contributed by atoms with Crippen molar-refractivity contribution in [3.63, 3.8) is 0 Å². The zero-order valence-electron chi connectivity index (χ0n) is 11.0. The van der Waals surface area contributed by atoms with E-state index in [2.05, 4.69) is 24.4 Å². The molecule has 1 aromatic carbocycles. The second-order valence-corrected chi connectivity index (χ2v) is 4.46. The van der Waals surface area contributed by atoms with Crippen molar-refractivity contribution in [2.75, 3.05) is 5.32 Å². The van der Waals surface area contributed by atoms with Gasteiger partial charge in [-0.05, 0) is 37.0 Å². The van der Waals surface area contributed by atoms with Gasteiger partial charge in [0, 0.05) is 12.1 Å². The van der Waals surface area contributed by atoms with E-state index in [1.54, 1.807) is 0 Å². The maximum Gasteiger partial charge on any atom is 0.224 e. The maximum atomic E-state index is 11.5. The van der Waals surface area contributed by atoms with Crippen LogP contribution < -0.4 is 5.32 Å². The summed E-state index contributed by atoms with van der Waals surface area (Å²) in [5.41, 5.74) is 2.24. The third-order valence-electron chi connectivity index (χ3n) is 2.76. The standard InChI is InChI=1S/C15H23NO/c1-3-5-6-9-13-10-7-11-14(12-13)16-15(17)8-4-2/h7,10-12H,3-6,8-9H2,1-2H3,(H,16,17). The zero-order valence-corrected chi connectivity index (χ0v) is 11.0. The molecule has 0 unspecified atom stereocenters. The van der Waals surface area contributed by atoms with Crippen LogP contribution in [0.1, 0.15) is 51.5 Å². The van der Waals surface area contributed by atoms with Gasteiger partial charge in [0.1, 0.15) is 0 Å². The number of hydrogen-bond donors (Lipinski definition) is 1. The monoisotopic (exact) mass is 233 g/mol. The smallest absolute Gasteiger partial charge is 0.224 e. The van der Waals surface area contributed by atoms with E-state index in [1.807, 2.05) is 19.1 Å². The molecule has 1 aromatic rings. The summed E-state index contributed by atoms with van der Waals surface area (Å²) in [7, 11) is 0. The number of amides is 1. The van der Waals surface area contributed by atoms with Gasteiger partial charge in [-0.3, -0.25) is 4.79 Å². The predicted molar refractivity (Wildman–Crippen MR) is 73.2 cm³/mol. The van der Waals surface area contributed by atoms with Crippen molar-refractivity contribution < 1.29 is 4.79 Å². The molecule has 0 aliphatic heterocycles. The van der Waals surface area contributed by atoms with Crippen molar-refractivity contribution in [2.24, 2.45) is 0 Å². The molecular formula is C15H23NO. The number of carbonyl (C=O) groups is 1. The van der Waals surface area contributed by atoms with Crippen molar-refractivity contribution in [1.82, 2.24) is 0 Å². The molecule has 0 aliphatic rings. The van der Waals surface area contributed by atoms with Gasteiger partial charge < -0.3 is 5.32 Å². The molecule has 1 amide bonds. The molecule has 2 nitrogen and oxygen atoms in total. The van der Waals surface area contributed by atoms with Crippen molar-refractivity contribution in [3.8, 4) is 0 Å². The molecule has 0 aliphatic carbocycles. The number of aryl methyl sites for hydroxylation is 1. The molecule has 17 heavy (non-hydrogen) atoms. The summed E-state index contributed by atoms with van der Waals surface area (Å²) in [6, 6.07) is 8.19. The van der Waals surface area contributed by atoms with Crippen molar-refractivity contribution in [1.29, 1.82) is 0 Å². The zero-order chi connectivity index (χ0) is 12.5. The molecule has 1 N–H and O–H groups in total. The SMILES string of the molecule is CCCCCc1cccc(NC(=O)CCC)c1. The number of rotatable bonds is 7. The number of unbranched alkanes of at least 4 members (excludes halogenated alkanes) is 2. The van der Waals surface area contributed by atoms with Gasteiger partial charge in [-0.2, -0.15) is 0 Å². The quantitative estimate of drug-likeness (QED) is 0.704. The van der Waals surface area contributed by atoms with Crippen molar-refractivity contribution >= 4 is 11.6 Å². The van der Waals surface area contributed by atoms with Crippen LogP contribution in [0.4, 0.5) is 5.69 Å². The predicted octanol–water partition coefficient (Wildman–Crippen LogP) is 4.16. The fraction of sp³-hybridized carbons (Fsp3) is 0.533. The van der Waals surface area contributed by atoms with E-state index >= 15 is 0 Å². The van der Waals surface area contributed by atoms with Crippen LogP contribution in [0.15, 0.2) is 24.3 Å². The van der Waals surface area contributed by atoms with Crippen molar-refractivity contribution in [3.05, 3.63) is 29.8 Å². The van der Waals surface area contributed by atoms with E-state index in [9.17, 15) is 4.79 Å². The number of carbonyl (C=O) groups excluding carboxylic acids is 1. The Kier molecular flexibility index (Phi) is 6.38. The highest BCUT2D eigenvalue weighted by atomic mass is 16.1. The van der Waals surface area contributed by atoms with Gasteiger partial charge in [0.05, 0.1) is 0 Å². The number of hydrogen-bond acceptors (Lipinski definition) is 1. The van der Waals surface area contributed by atoms with Crippen molar-refractivity contribution in [2.45, 2.75) is 52.4 Å². The Morgan fingerprint density at radius 2 is 2.00 bits per heavy atom. The maximum absolute atomic E-state index is 11.5. The van der Waals surface area contributed by atoms with E-state index in [1.165, 1.54) is 24.8 Å². The van der Waals surface area contributed by atoms with E-state index in [0.29, 0.717) is 6.42 Å². The molecule has 0 heterocycles. The minimum absolute atomic E-state index is 0.109. The summed E-state index contributed by atoms with van der Waals surface area (Å²) in [5.74, 6) is 0.109. The Bertz CT molecular complexity index is 347. The van der Waals surface area contributed by atoms with Gasteiger partial charge in [-0.15, -0.1) is 0 Å². The van der Waals surface area contributed by atoms with Crippen LogP contribution in [0.3, 0.4) is 0 Å². The summed E-state index contributed by atoms with van der Waals surface area (Å²) in [6.45, 7) is 4.22. The highest BCUT2D eigenvalue weighted by Crippen LogP contribution is 2.13. The van der Waals surface area contributed by atoms with Gasteiger partial charge in [-0.25, -0.2) is 0 Å². The van der Waals surface area contributed by atoms with Gasteiger partial charge in [-0.1, -0.05) is 38.8 Å². The Balaban J connectivity index is 2.50. The fourth-order valence-corrected chi connectivity index (χ4v) is 1.83. The second kappa shape index (κ2) is 7.88. The summed E-state index contributed by atoms with van der Waals surface area (Å²) in [6.07, 6.45) is 6.33. The largest absolute Gasteiger partial charge is 0.326 e. The molecule has 0 spiro atoms. The minimum atomic E-state index is 0.109. The normalized spacial score (nSPS) is 10.2. The van der Waals surface area contributed by atoms with Crippen LogP contribution in [0.5, 0.6) is 0 Å². The van der Waals surface area contributed by atoms with Crippen LogP contribution in [0.2, 0.25) is 0 Å². The van der Waals surface area contributed by atoms with Crippen LogP contribution in [0, 0.1) is 0 Å². The third-order valence-corrected chi connectivity index (χ3v) is 2.76. The second-order valence-electron chi connectivity index (χ2n) is 4.46. The third kappa shape index (κ3) is 5.53. The Hall–Kier alpha value is -1.31. The molecule has 0 aromatic heterocycles. The average molecular weight is 233 g/mol. The van der Waals surface area contributed by atoms with E-state index < -0.39 is 0 Å². The summed E-state index contributed by atoms with van der Waals surface area (Å²) < 4.78 is 0. The highest BCUT2D eigenvalue weighted by Gasteiger charge is 2.01. The number of benzene rings is 1. The molecule has 1 rings (SSSR count). The summed E-state index contributed by atoms with van der Waals surface area (Å²) >= 11 is 0. The number of anilines is 1. The summed E-state index contributed by atoms with van der Waals surface area (Å²) in [5, 5.41) is 2.93. The first-order valence-corrected chi connectivity index (χ1v) is 6.65. The molecule has 0 fully saturated rings. The Morgan fingerprint density at radius 1 is 1.18 bits per heavy atom. The first-order valence-electron chi connectivity index (χ1n) is 6.65. The first-order chi connectivity index (χ1) is 8.26. The average Bonchev–Trinajstić information content (AvgIpc) is 2.30. The molecule has 2 heteroatoms. The molecule has 94 valence electrons. The Labute approximate surface area is 104 Å².